The van der Waals surface area contributed by atoms with Crippen LogP contribution < -0.4 is 15.5 Å². The fraction of sp³-hybridized carbons (Fsp3) is 0.611. The summed E-state index contributed by atoms with van der Waals surface area (Å²) >= 11 is 1.86. The molecule has 0 unspecified atom stereocenters. The van der Waals surface area contributed by atoms with Gasteiger partial charge in [-0.2, -0.15) is 11.8 Å². The third-order valence-electron chi connectivity index (χ3n) is 4.13. The SMILES string of the molecule is CCNC(=NCCCSC)NC1CCN(c2cccc(F)c2)CC1.I. The minimum Gasteiger partial charge on any atom is -0.371 e. The van der Waals surface area contributed by atoms with Crippen molar-refractivity contribution in [3.05, 3.63) is 30.1 Å². The van der Waals surface area contributed by atoms with Crippen LogP contribution >= 0.6 is 35.7 Å². The molecule has 1 aliphatic rings. The predicted molar refractivity (Wildman–Crippen MR) is 119 cm³/mol. The molecule has 1 aromatic rings. The first-order valence-electron chi connectivity index (χ1n) is 8.77. The maximum absolute atomic E-state index is 13.4. The van der Waals surface area contributed by atoms with E-state index < -0.39 is 0 Å². The number of anilines is 1. The number of aliphatic imine (C=N–C) groups is 1. The number of thioether (sulfide) groups is 1. The van der Waals surface area contributed by atoms with Crippen LogP contribution in [0.3, 0.4) is 0 Å². The number of hydrogen-bond acceptors (Lipinski definition) is 3. The van der Waals surface area contributed by atoms with Gasteiger partial charge in [0, 0.05) is 37.9 Å². The molecule has 0 aliphatic carbocycles. The molecule has 0 radical (unpaired) electrons. The fourth-order valence-electron chi connectivity index (χ4n) is 2.87. The lowest BCUT2D eigenvalue weighted by molar-refractivity contribution is 0.461. The molecule has 1 aliphatic heterocycles. The van der Waals surface area contributed by atoms with Crippen LogP contribution in [-0.4, -0.2) is 50.2 Å². The molecule has 142 valence electrons. The minimum absolute atomic E-state index is 0. The van der Waals surface area contributed by atoms with Gasteiger partial charge in [-0.3, -0.25) is 4.99 Å². The average molecular weight is 480 g/mol. The lowest BCUT2D eigenvalue weighted by Crippen LogP contribution is -2.48. The van der Waals surface area contributed by atoms with Gasteiger partial charge in [-0.25, -0.2) is 4.39 Å². The van der Waals surface area contributed by atoms with E-state index in [0.717, 1.165) is 62.8 Å². The van der Waals surface area contributed by atoms with E-state index in [1.165, 1.54) is 6.07 Å². The van der Waals surface area contributed by atoms with Crippen LogP contribution in [0.4, 0.5) is 10.1 Å². The summed E-state index contributed by atoms with van der Waals surface area (Å²) in [5, 5.41) is 6.87. The van der Waals surface area contributed by atoms with Crippen LogP contribution in [0, 0.1) is 5.82 Å². The Hall–Kier alpha value is -0.700. The first kappa shape index (κ1) is 22.3. The summed E-state index contributed by atoms with van der Waals surface area (Å²) in [6.45, 7) is 5.69. The Kier molecular flexibility index (Phi) is 11.3. The van der Waals surface area contributed by atoms with Gasteiger partial charge in [0.05, 0.1) is 0 Å². The predicted octanol–water partition coefficient (Wildman–Crippen LogP) is 3.72. The monoisotopic (exact) mass is 480 g/mol. The van der Waals surface area contributed by atoms with Crippen molar-refractivity contribution in [2.75, 3.05) is 43.1 Å². The number of halogens is 2. The number of rotatable bonds is 7. The number of nitrogens with one attached hydrogen (secondary N) is 2. The van der Waals surface area contributed by atoms with Crippen molar-refractivity contribution in [1.29, 1.82) is 0 Å². The molecule has 25 heavy (non-hydrogen) atoms. The van der Waals surface area contributed by atoms with Gasteiger partial charge in [-0.15, -0.1) is 24.0 Å². The largest absolute Gasteiger partial charge is 0.371 e. The number of hydrogen-bond donors (Lipinski definition) is 2. The van der Waals surface area contributed by atoms with Gasteiger partial charge >= 0.3 is 0 Å². The molecule has 1 fully saturated rings. The van der Waals surface area contributed by atoms with Gasteiger partial charge in [-0.1, -0.05) is 6.07 Å². The van der Waals surface area contributed by atoms with E-state index in [0.29, 0.717) is 6.04 Å². The Bertz CT molecular complexity index is 522. The van der Waals surface area contributed by atoms with Crippen molar-refractivity contribution < 1.29 is 4.39 Å². The Morgan fingerprint density at radius 3 is 2.76 bits per heavy atom. The Morgan fingerprint density at radius 2 is 2.12 bits per heavy atom. The van der Waals surface area contributed by atoms with Crippen LogP contribution in [-0.2, 0) is 0 Å². The summed E-state index contributed by atoms with van der Waals surface area (Å²) < 4.78 is 13.4. The number of nitrogens with zero attached hydrogens (tertiary/aromatic N) is 2. The summed E-state index contributed by atoms with van der Waals surface area (Å²) in [5.74, 6) is 1.90. The van der Waals surface area contributed by atoms with Gasteiger partial charge < -0.3 is 15.5 Å². The molecule has 0 saturated carbocycles. The molecular weight excluding hydrogens is 450 g/mol. The summed E-state index contributed by atoms with van der Waals surface area (Å²) in [7, 11) is 0. The van der Waals surface area contributed by atoms with Gasteiger partial charge in [-0.05, 0) is 56.4 Å². The second kappa shape index (κ2) is 12.6. The molecular formula is C18H30FIN4S. The van der Waals surface area contributed by atoms with Gasteiger partial charge in [0.1, 0.15) is 5.82 Å². The van der Waals surface area contributed by atoms with Crippen molar-refractivity contribution in [2.45, 2.75) is 32.2 Å². The molecule has 1 aromatic carbocycles. The Balaban J connectivity index is 0.00000312. The maximum Gasteiger partial charge on any atom is 0.191 e. The van der Waals surface area contributed by atoms with Crippen LogP contribution in [0.25, 0.3) is 0 Å². The molecule has 7 heteroatoms. The van der Waals surface area contributed by atoms with Crippen molar-refractivity contribution in [2.24, 2.45) is 4.99 Å². The molecule has 4 nitrogen and oxygen atoms in total. The van der Waals surface area contributed by atoms with Crippen molar-refractivity contribution in [3.8, 4) is 0 Å². The van der Waals surface area contributed by atoms with Gasteiger partial charge in [0.25, 0.3) is 0 Å². The highest BCUT2D eigenvalue weighted by Gasteiger charge is 2.20. The third kappa shape index (κ3) is 8.02. The molecule has 2 N–H and O–H groups in total. The van der Waals surface area contributed by atoms with Crippen LogP contribution in [0.15, 0.2) is 29.3 Å². The molecule has 0 amide bonds. The van der Waals surface area contributed by atoms with Crippen LogP contribution in [0.2, 0.25) is 0 Å². The third-order valence-corrected chi connectivity index (χ3v) is 4.83. The van der Waals surface area contributed by atoms with Gasteiger partial charge in [0.2, 0.25) is 0 Å². The summed E-state index contributed by atoms with van der Waals surface area (Å²) in [6.07, 6.45) is 5.30. The lowest BCUT2D eigenvalue weighted by atomic mass is 10.0. The molecule has 2 rings (SSSR count). The maximum atomic E-state index is 13.4. The quantitative estimate of drug-likeness (QED) is 0.270. The average Bonchev–Trinajstić information content (AvgIpc) is 2.59. The zero-order valence-corrected chi connectivity index (χ0v) is 18.3. The van der Waals surface area contributed by atoms with Crippen LogP contribution in [0.1, 0.15) is 26.2 Å². The first-order chi connectivity index (χ1) is 11.7. The second-order valence-electron chi connectivity index (χ2n) is 5.99. The fourth-order valence-corrected chi connectivity index (χ4v) is 3.29. The van der Waals surface area contributed by atoms with Crippen LogP contribution in [0.5, 0.6) is 0 Å². The van der Waals surface area contributed by atoms with E-state index in [-0.39, 0.29) is 29.8 Å². The Labute approximate surface area is 172 Å². The highest BCUT2D eigenvalue weighted by molar-refractivity contribution is 14.0. The second-order valence-corrected chi connectivity index (χ2v) is 6.98. The highest BCUT2D eigenvalue weighted by Crippen LogP contribution is 2.20. The standard InChI is InChI=1S/C18H29FN4S.HI/c1-3-20-18(21-10-5-13-24-2)22-16-8-11-23(12-9-16)17-7-4-6-15(19)14-17;/h4,6-7,14,16H,3,5,8-13H2,1-2H3,(H2,20,21,22);1H. The van der Waals surface area contributed by atoms with E-state index in [2.05, 4.69) is 33.7 Å². The van der Waals surface area contributed by atoms with Crippen molar-refractivity contribution in [1.82, 2.24) is 10.6 Å². The summed E-state index contributed by atoms with van der Waals surface area (Å²) in [6, 6.07) is 7.29. The summed E-state index contributed by atoms with van der Waals surface area (Å²) in [4.78, 5) is 6.91. The highest BCUT2D eigenvalue weighted by atomic mass is 127. The normalized spacial score (nSPS) is 15.6. The van der Waals surface area contributed by atoms with E-state index in [1.54, 1.807) is 12.1 Å². The van der Waals surface area contributed by atoms with E-state index in [9.17, 15) is 4.39 Å². The van der Waals surface area contributed by atoms with E-state index in [1.807, 2.05) is 17.8 Å². The Morgan fingerprint density at radius 1 is 1.36 bits per heavy atom. The molecule has 1 saturated heterocycles. The van der Waals surface area contributed by atoms with Gasteiger partial charge in [0.15, 0.2) is 5.96 Å². The molecule has 0 atom stereocenters. The molecule has 0 aromatic heterocycles. The van der Waals surface area contributed by atoms with E-state index in [4.69, 9.17) is 0 Å². The lowest BCUT2D eigenvalue weighted by Gasteiger charge is -2.34. The number of benzene rings is 1. The molecule has 0 spiro atoms. The summed E-state index contributed by atoms with van der Waals surface area (Å²) in [5.41, 5.74) is 0.978. The number of piperidine rings is 1. The first-order valence-corrected chi connectivity index (χ1v) is 10.2. The van der Waals surface area contributed by atoms with Crippen molar-refractivity contribution in [3.63, 3.8) is 0 Å². The molecule has 1 heterocycles. The number of guanidine groups is 1. The smallest absolute Gasteiger partial charge is 0.191 e. The zero-order valence-electron chi connectivity index (χ0n) is 15.1. The van der Waals surface area contributed by atoms with E-state index >= 15 is 0 Å². The topological polar surface area (TPSA) is 39.7 Å². The zero-order chi connectivity index (χ0) is 17.2. The molecule has 0 bridgehead atoms. The minimum atomic E-state index is -0.167. The van der Waals surface area contributed by atoms with Crippen molar-refractivity contribution >= 4 is 47.4 Å².